The van der Waals surface area contributed by atoms with Gasteiger partial charge in [-0.25, -0.2) is 0 Å². The van der Waals surface area contributed by atoms with Crippen LogP contribution in [0.15, 0.2) is 108 Å². The average molecular weight is 988 g/mol. The number of allylic oxidation sites excluding steroid dienone is 2. The SMILES string of the molecule is Cc1cccc(C)c1-n1c2cc3c(C(C)(C)C)cc4cc(C(C)(C)C)cnc4c3[c-]c2c(=NC2CC=C(c3ccc(C(C)(C)C)cc3)C=C2O)c2ccc(C(C)(C)C)cc21.[Pt]. The summed E-state index contributed by atoms with van der Waals surface area (Å²) in [5, 5.41) is 17.9. The Morgan fingerprint density at radius 3 is 1.89 bits per heavy atom. The molecule has 0 fully saturated rings. The molecular weight excluding hydrogens is 926 g/mol. The van der Waals surface area contributed by atoms with Crippen molar-refractivity contribution in [2.75, 3.05) is 0 Å². The van der Waals surface area contributed by atoms with E-state index in [1.807, 2.05) is 12.3 Å². The van der Waals surface area contributed by atoms with Gasteiger partial charge in [0.15, 0.2) is 0 Å². The summed E-state index contributed by atoms with van der Waals surface area (Å²) in [6.07, 6.45) is 6.75. The van der Waals surface area contributed by atoms with Crippen LogP contribution in [0.2, 0.25) is 0 Å². The fourth-order valence-corrected chi connectivity index (χ4v) is 8.85. The van der Waals surface area contributed by atoms with Gasteiger partial charge < -0.3 is 14.7 Å². The minimum absolute atomic E-state index is 0. The number of nitrogens with zero attached hydrogens (tertiary/aromatic N) is 3. The third kappa shape index (κ3) is 8.18. The molecule has 0 bridgehead atoms. The predicted molar refractivity (Wildman–Crippen MR) is 256 cm³/mol. The Hall–Kier alpha value is -4.79. The Morgan fingerprint density at radius 1 is 0.672 bits per heavy atom. The second kappa shape index (κ2) is 15.5. The van der Waals surface area contributed by atoms with E-state index in [4.69, 9.17) is 9.98 Å². The number of para-hydroxylation sites is 1. The average Bonchev–Trinajstić information content (AvgIpc) is 3.16. The van der Waals surface area contributed by atoms with Gasteiger partial charge in [-0.3, -0.25) is 4.98 Å². The summed E-state index contributed by atoms with van der Waals surface area (Å²) in [5.41, 5.74) is 13.5. The molecule has 0 saturated carbocycles. The molecule has 7 aromatic rings. The molecule has 0 amide bonds. The third-order valence-corrected chi connectivity index (χ3v) is 12.6. The predicted octanol–water partition coefficient (Wildman–Crippen LogP) is 14.3. The van der Waals surface area contributed by atoms with Gasteiger partial charge >= 0.3 is 0 Å². The van der Waals surface area contributed by atoms with Gasteiger partial charge in [-0.1, -0.05) is 184 Å². The van der Waals surface area contributed by atoms with Crippen molar-refractivity contribution < 1.29 is 26.2 Å². The van der Waals surface area contributed by atoms with E-state index in [9.17, 15) is 5.11 Å². The summed E-state index contributed by atoms with van der Waals surface area (Å²) in [7, 11) is 0. The summed E-state index contributed by atoms with van der Waals surface area (Å²) in [6.45, 7) is 31.6. The molecule has 318 valence electrons. The number of benzene rings is 5. The van der Waals surface area contributed by atoms with E-state index in [2.05, 4.69) is 193 Å². The summed E-state index contributed by atoms with van der Waals surface area (Å²) in [6, 6.07) is 32.8. The van der Waals surface area contributed by atoms with E-state index >= 15 is 0 Å². The monoisotopic (exact) mass is 987 g/mol. The molecule has 1 atom stereocenters. The number of hydrogen-bond acceptors (Lipinski definition) is 3. The Bertz CT molecular complexity index is 2990. The van der Waals surface area contributed by atoms with Gasteiger partial charge in [0.1, 0.15) is 11.8 Å². The van der Waals surface area contributed by atoms with Crippen molar-refractivity contribution >= 4 is 49.1 Å². The molecule has 2 aromatic heterocycles. The maximum atomic E-state index is 11.9. The molecule has 1 aliphatic rings. The summed E-state index contributed by atoms with van der Waals surface area (Å²) in [5.74, 6) is 0.268. The topological polar surface area (TPSA) is 50.4 Å². The van der Waals surface area contributed by atoms with Crippen molar-refractivity contribution in [3.05, 3.63) is 153 Å². The van der Waals surface area contributed by atoms with Crippen molar-refractivity contribution in [1.29, 1.82) is 0 Å². The number of aliphatic hydroxyl groups excluding tert-OH is 1. The number of aromatic nitrogens is 2. The second-order valence-corrected chi connectivity index (χ2v) is 21.4. The van der Waals surface area contributed by atoms with Crippen LogP contribution in [0.1, 0.15) is 128 Å². The van der Waals surface area contributed by atoms with Gasteiger partial charge in [-0.15, -0.1) is 6.07 Å². The Morgan fingerprint density at radius 2 is 1.30 bits per heavy atom. The maximum absolute atomic E-state index is 11.9. The first-order valence-electron chi connectivity index (χ1n) is 21.7. The van der Waals surface area contributed by atoms with E-state index in [1.54, 1.807) is 0 Å². The first kappa shape index (κ1) is 44.3. The van der Waals surface area contributed by atoms with Crippen molar-refractivity contribution in [2.45, 2.75) is 131 Å². The zero-order chi connectivity index (χ0) is 43.3. The molecule has 0 radical (unpaired) electrons. The number of aliphatic hydroxyl groups is 1. The normalized spacial score (nSPS) is 15.7. The van der Waals surface area contributed by atoms with Crippen molar-refractivity contribution in [1.82, 2.24) is 9.55 Å². The van der Waals surface area contributed by atoms with Crippen LogP contribution in [0.4, 0.5) is 0 Å². The molecule has 8 rings (SSSR count). The molecule has 1 N–H and O–H groups in total. The van der Waals surface area contributed by atoms with Gasteiger partial charge in [0.05, 0.1) is 0 Å². The minimum atomic E-state index is -0.457. The first-order chi connectivity index (χ1) is 28.0. The van der Waals surface area contributed by atoms with Crippen LogP contribution in [-0.2, 0) is 42.7 Å². The number of pyridine rings is 2. The molecule has 0 aliphatic heterocycles. The van der Waals surface area contributed by atoms with Crippen molar-refractivity contribution in [3.8, 4) is 5.69 Å². The van der Waals surface area contributed by atoms with E-state index in [1.165, 1.54) is 33.4 Å². The van der Waals surface area contributed by atoms with Crippen LogP contribution < -0.4 is 5.36 Å². The molecular formula is C56H62N3OPt-. The van der Waals surface area contributed by atoms with Crippen LogP contribution in [0.25, 0.3) is 54.7 Å². The van der Waals surface area contributed by atoms with E-state index in [0.717, 1.165) is 65.7 Å². The maximum Gasteiger partial charge on any atom is 0.117 e. The molecule has 61 heavy (non-hydrogen) atoms. The first-order valence-corrected chi connectivity index (χ1v) is 21.7. The quantitative estimate of drug-likeness (QED) is 0.109. The largest absolute Gasteiger partial charge is 0.510 e. The number of aryl methyl sites for hydroxylation is 2. The smallest absolute Gasteiger partial charge is 0.117 e. The Kier molecular flexibility index (Phi) is 11.3. The van der Waals surface area contributed by atoms with Crippen LogP contribution in [-0.4, -0.2) is 20.7 Å². The molecule has 2 heterocycles. The molecule has 1 aliphatic carbocycles. The van der Waals surface area contributed by atoms with Gasteiger partial charge in [0, 0.05) is 49.3 Å². The fourth-order valence-electron chi connectivity index (χ4n) is 8.85. The van der Waals surface area contributed by atoms with Crippen LogP contribution in [0.5, 0.6) is 0 Å². The Labute approximate surface area is 377 Å². The zero-order valence-corrected chi connectivity index (χ0v) is 40.9. The molecule has 0 saturated heterocycles. The van der Waals surface area contributed by atoms with Gasteiger partial charge in [0.25, 0.3) is 0 Å². The minimum Gasteiger partial charge on any atom is -0.510 e. The summed E-state index contributed by atoms with van der Waals surface area (Å²) in [4.78, 5) is 10.8. The van der Waals surface area contributed by atoms with Crippen molar-refractivity contribution in [3.63, 3.8) is 0 Å². The van der Waals surface area contributed by atoms with Crippen LogP contribution >= 0.6 is 0 Å². The summed E-state index contributed by atoms with van der Waals surface area (Å²) < 4.78 is 2.46. The standard InChI is InChI=1S/C56H62N3O.Pt/c1-33-16-15-17-34(2)52(33)59-47-29-39(54(6,7)8)23-24-41(47)51(58-46-25-20-36(28-49(46)60)35-18-21-38(22-19-35)53(3,4)5)44-30-43-42(31-48(44)59)45(56(12,13)14)27-37-26-40(55(9,10)11)32-57-50(37)43;/h15-24,26-29,31-32,46,60H,25H2,1-14H3;/q-1;. The van der Waals surface area contributed by atoms with E-state index in [-0.39, 0.29) is 48.5 Å². The molecule has 0 spiro atoms. The van der Waals surface area contributed by atoms with E-state index < -0.39 is 6.04 Å². The Balaban J connectivity index is 0.00000561. The van der Waals surface area contributed by atoms with Gasteiger partial charge in [-0.2, -0.15) is 0 Å². The second-order valence-electron chi connectivity index (χ2n) is 21.4. The molecule has 5 heteroatoms. The number of fused-ring (bicyclic) bond motifs is 5. The number of rotatable bonds is 3. The van der Waals surface area contributed by atoms with Crippen LogP contribution in [0, 0.1) is 19.9 Å². The van der Waals surface area contributed by atoms with E-state index in [0.29, 0.717) is 6.42 Å². The van der Waals surface area contributed by atoms with Crippen LogP contribution in [0.3, 0.4) is 0 Å². The van der Waals surface area contributed by atoms with Gasteiger partial charge in [-0.05, 0) is 109 Å². The third-order valence-electron chi connectivity index (χ3n) is 12.6. The van der Waals surface area contributed by atoms with Gasteiger partial charge in [0.2, 0.25) is 0 Å². The molecule has 1 unspecified atom stereocenters. The zero-order valence-electron chi connectivity index (χ0n) is 38.6. The number of hydrogen-bond donors (Lipinski definition) is 1. The van der Waals surface area contributed by atoms with Crippen molar-refractivity contribution in [2.24, 2.45) is 4.99 Å². The molecule has 4 nitrogen and oxygen atoms in total. The fraction of sp³-hybridized carbons (Fsp3) is 0.357. The summed E-state index contributed by atoms with van der Waals surface area (Å²) >= 11 is 0. The molecule has 5 aromatic carbocycles.